The van der Waals surface area contributed by atoms with Crippen molar-refractivity contribution < 1.29 is 18.7 Å². The van der Waals surface area contributed by atoms with Gasteiger partial charge in [0.05, 0.1) is 10.0 Å². The van der Waals surface area contributed by atoms with Gasteiger partial charge in [-0.2, -0.15) is 0 Å². The number of benzene rings is 1. The fourth-order valence-electron chi connectivity index (χ4n) is 0.761. The number of rotatable bonds is 1. The fraction of sp³-hybridized carbons (Fsp3) is 0. The lowest BCUT2D eigenvalue weighted by Crippen LogP contribution is -2.05. The van der Waals surface area contributed by atoms with E-state index in [0.29, 0.717) is 0 Å². The van der Waals surface area contributed by atoms with Gasteiger partial charge >= 0.3 is 5.97 Å². The van der Waals surface area contributed by atoms with Crippen molar-refractivity contribution in [2.75, 3.05) is 0 Å². The molecule has 2 nitrogen and oxygen atoms in total. The summed E-state index contributed by atoms with van der Waals surface area (Å²) in [4.78, 5) is 10.3. The van der Waals surface area contributed by atoms with E-state index in [-0.39, 0.29) is 0 Å². The lowest BCUT2D eigenvalue weighted by molar-refractivity contribution is 0.0686. The van der Waals surface area contributed by atoms with Gasteiger partial charge in [0.25, 0.3) is 0 Å². The van der Waals surface area contributed by atoms with Crippen molar-refractivity contribution in [3.63, 3.8) is 0 Å². The van der Waals surface area contributed by atoms with E-state index in [0.717, 1.165) is 6.07 Å². The monoisotopic (exact) mass is 226 g/mol. The summed E-state index contributed by atoms with van der Waals surface area (Å²) in [6.45, 7) is 0. The Morgan fingerprint density at radius 3 is 1.92 bits per heavy atom. The average Bonchev–Trinajstić information content (AvgIpc) is 2.01. The predicted octanol–water partition coefficient (Wildman–Crippen LogP) is 2.97. The number of aromatic carboxylic acids is 1. The minimum Gasteiger partial charge on any atom is -0.477 e. The maximum Gasteiger partial charge on any atom is 0.341 e. The smallest absolute Gasteiger partial charge is 0.341 e. The fourth-order valence-corrected chi connectivity index (χ4v) is 1.22. The Balaban J connectivity index is 3.56. The Kier molecular flexibility index (Phi) is 2.73. The number of hydrogen-bond acceptors (Lipinski definition) is 1. The van der Waals surface area contributed by atoms with E-state index in [2.05, 4.69) is 0 Å². The number of carboxylic acids is 1. The molecule has 1 aromatic carbocycles. The second-order valence-electron chi connectivity index (χ2n) is 2.15. The van der Waals surface area contributed by atoms with Crippen LogP contribution in [0.4, 0.5) is 8.78 Å². The van der Waals surface area contributed by atoms with Crippen molar-refractivity contribution >= 4 is 29.2 Å². The lowest BCUT2D eigenvalue weighted by Gasteiger charge is -2.02. The molecule has 0 fully saturated rings. The molecule has 1 aromatic rings. The summed E-state index contributed by atoms with van der Waals surface area (Å²) in [5.74, 6) is -4.40. The molecule has 0 spiro atoms. The molecule has 0 atom stereocenters. The number of carboxylic acid groups (broad SMARTS) is 1. The molecule has 0 radical (unpaired) electrons. The van der Waals surface area contributed by atoms with Gasteiger partial charge in [-0.15, -0.1) is 0 Å². The minimum atomic E-state index is -1.75. The first-order chi connectivity index (χ1) is 5.95. The van der Waals surface area contributed by atoms with Gasteiger partial charge < -0.3 is 5.11 Å². The predicted molar refractivity (Wildman–Crippen MR) is 43.3 cm³/mol. The molecule has 0 heterocycles. The Morgan fingerprint density at radius 1 is 1.23 bits per heavy atom. The van der Waals surface area contributed by atoms with Crippen LogP contribution in [0.15, 0.2) is 6.07 Å². The van der Waals surface area contributed by atoms with Gasteiger partial charge in [0.2, 0.25) is 0 Å². The molecule has 0 saturated carbocycles. The zero-order valence-electron chi connectivity index (χ0n) is 5.94. The molecule has 1 N–H and O–H groups in total. The van der Waals surface area contributed by atoms with E-state index in [4.69, 9.17) is 28.3 Å². The van der Waals surface area contributed by atoms with Crippen LogP contribution in [0.1, 0.15) is 10.4 Å². The van der Waals surface area contributed by atoms with Gasteiger partial charge in [-0.05, 0) is 6.07 Å². The van der Waals surface area contributed by atoms with Crippen molar-refractivity contribution in [2.24, 2.45) is 0 Å². The van der Waals surface area contributed by atoms with Crippen LogP contribution in [0.25, 0.3) is 0 Å². The Bertz CT molecular complexity index is 353. The third-order valence-corrected chi connectivity index (χ3v) is 1.88. The molecule has 0 aliphatic heterocycles. The van der Waals surface area contributed by atoms with Crippen LogP contribution in [-0.2, 0) is 0 Å². The minimum absolute atomic E-state index is 0.524. The number of halogens is 4. The molecule has 70 valence electrons. The maximum absolute atomic E-state index is 12.9. The van der Waals surface area contributed by atoms with Crippen LogP contribution >= 0.6 is 23.2 Å². The van der Waals surface area contributed by atoms with E-state index in [1.54, 1.807) is 0 Å². The van der Waals surface area contributed by atoms with Gasteiger partial charge in [0.15, 0.2) is 11.6 Å². The lowest BCUT2D eigenvalue weighted by atomic mass is 10.2. The second-order valence-corrected chi connectivity index (χ2v) is 2.96. The maximum atomic E-state index is 12.9. The summed E-state index contributed by atoms with van der Waals surface area (Å²) in [5.41, 5.74) is -1.14. The van der Waals surface area contributed by atoms with Gasteiger partial charge in [-0.25, -0.2) is 13.6 Å². The van der Waals surface area contributed by atoms with Crippen molar-refractivity contribution in [1.29, 1.82) is 0 Å². The Hall–Kier alpha value is -0.870. The van der Waals surface area contributed by atoms with E-state index in [9.17, 15) is 13.6 Å². The molecule has 0 aromatic heterocycles. The third kappa shape index (κ3) is 1.73. The van der Waals surface area contributed by atoms with Gasteiger partial charge in [-0.3, -0.25) is 0 Å². The van der Waals surface area contributed by atoms with E-state index < -0.39 is 33.2 Å². The largest absolute Gasteiger partial charge is 0.477 e. The van der Waals surface area contributed by atoms with Crippen LogP contribution in [0.3, 0.4) is 0 Å². The van der Waals surface area contributed by atoms with E-state index in [1.165, 1.54) is 0 Å². The number of hydrogen-bond donors (Lipinski definition) is 1. The highest BCUT2D eigenvalue weighted by atomic mass is 35.5. The highest BCUT2D eigenvalue weighted by Crippen LogP contribution is 2.27. The molecular weight excluding hydrogens is 225 g/mol. The number of carbonyl (C=O) groups is 1. The van der Waals surface area contributed by atoms with Crippen LogP contribution in [-0.4, -0.2) is 11.1 Å². The highest BCUT2D eigenvalue weighted by molar-refractivity contribution is 6.35. The second kappa shape index (κ2) is 3.47. The van der Waals surface area contributed by atoms with Crippen LogP contribution in [0, 0.1) is 11.6 Å². The Morgan fingerprint density at radius 2 is 1.62 bits per heavy atom. The first-order valence-electron chi connectivity index (χ1n) is 3.01. The molecule has 0 unspecified atom stereocenters. The molecule has 13 heavy (non-hydrogen) atoms. The summed E-state index contributed by atoms with van der Waals surface area (Å²) in [6, 6.07) is 0.806. The summed E-state index contributed by atoms with van der Waals surface area (Å²) in [5, 5.41) is 7.35. The molecule has 0 saturated heterocycles. The SMILES string of the molecule is O=C(O)c1c(F)c(Cl)cc(Cl)c1F. The van der Waals surface area contributed by atoms with Gasteiger partial charge in [0.1, 0.15) is 5.56 Å². The quantitative estimate of drug-likeness (QED) is 0.748. The summed E-state index contributed by atoms with van der Waals surface area (Å²) in [6.07, 6.45) is 0. The van der Waals surface area contributed by atoms with Crippen molar-refractivity contribution in [3.05, 3.63) is 33.3 Å². The van der Waals surface area contributed by atoms with Crippen molar-refractivity contribution in [1.82, 2.24) is 0 Å². The zero-order valence-corrected chi connectivity index (χ0v) is 7.46. The highest BCUT2D eigenvalue weighted by Gasteiger charge is 2.22. The zero-order chi connectivity index (χ0) is 10.2. The first-order valence-corrected chi connectivity index (χ1v) is 3.77. The van der Waals surface area contributed by atoms with Crippen LogP contribution < -0.4 is 0 Å². The third-order valence-electron chi connectivity index (χ3n) is 1.33. The molecule has 1 rings (SSSR count). The van der Waals surface area contributed by atoms with Crippen molar-refractivity contribution in [3.8, 4) is 0 Å². The molecule has 6 heteroatoms. The van der Waals surface area contributed by atoms with Gasteiger partial charge in [-0.1, -0.05) is 23.2 Å². The summed E-state index contributed by atoms with van der Waals surface area (Å²) < 4.78 is 25.8. The van der Waals surface area contributed by atoms with Crippen LogP contribution in [0.2, 0.25) is 10.0 Å². The molecule has 0 aliphatic carbocycles. The first kappa shape index (κ1) is 10.2. The standard InChI is InChI=1S/C7H2Cl2F2O2/c8-2-1-3(9)6(11)4(5(2)10)7(12)13/h1H,(H,12,13). The Labute approximate surface area is 81.7 Å². The normalized spacial score (nSPS) is 10.2. The van der Waals surface area contributed by atoms with E-state index in [1.807, 2.05) is 0 Å². The summed E-state index contributed by atoms with van der Waals surface area (Å²) >= 11 is 10.5. The van der Waals surface area contributed by atoms with E-state index >= 15 is 0 Å². The molecule has 0 amide bonds. The topological polar surface area (TPSA) is 37.3 Å². The average molecular weight is 227 g/mol. The van der Waals surface area contributed by atoms with Gasteiger partial charge in [0, 0.05) is 0 Å². The molecule has 0 bridgehead atoms. The summed E-state index contributed by atoms with van der Waals surface area (Å²) in [7, 11) is 0. The molecular formula is C7H2Cl2F2O2. The van der Waals surface area contributed by atoms with Crippen LogP contribution in [0.5, 0.6) is 0 Å². The molecule has 0 aliphatic rings. The van der Waals surface area contributed by atoms with Crippen molar-refractivity contribution in [2.45, 2.75) is 0 Å².